The molecule has 1 fully saturated rings. The molecule has 2 N–H and O–H groups in total. The van der Waals surface area contributed by atoms with Crippen LogP contribution in [-0.2, 0) is 11.3 Å². The number of hydrogen-bond donors (Lipinski definition) is 2. The first-order valence-electron chi connectivity index (χ1n) is 7.28. The Morgan fingerprint density at radius 1 is 1.35 bits per heavy atom. The van der Waals surface area contributed by atoms with Gasteiger partial charge in [0.2, 0.25) is 0 Å². The van der Waals surface area contributed by atoms with Gasteiger partial charge in [0.15, 0.2) is 0 Å². The number of aromatic nitrogens is 3. The number of rotatable bonds is 4. The Balaban J connectivity index is 1.65. The summed E-state index contributed by atoms with van der Waals surface area (Å²) in [5.41, 5.74) is 0.907. The second-order valence-corrected chi connectivity index (χ2v) is 5.24. The Kier molecular flexibility index (Phi) is 4.22. The maximum Gasteiger partial charge on any atom is 0.410 e. The quantitative estimate of drug-likeness (QED) is 0.892. The van der Waals surface area contributed by atoms with E-state index in [0.29, 0.717) is 18.8 Å². The number of carboxylic acids is 1. The summed E-state index contributed by atoms with van der Waals surface area (Å²) in [7, 11) is 0. The predicted octanol–water partition coefficient (Wildman–Crippen LogP) is 1.98. The van der Waals surface area contributed by atoms with Crippen LogP contribution < -0.4 is 0 Å². The van der Waals surface area contributed by atoms with E-state index >= 15 is 0 Å². The molecule has 8 nitrogen and oxygen atoms in total. The fraction of sp³-hybridized carbons (Fsp3) is 0.333. The van der Waals surface area contributed by atoms with Gasteiger partial charge in [0.1, 0.15) is 12.4 Å². The van der Waals surface area contributed by atoms with Crippen LogP contribution in [-0.4, -0.2) is 43.8 Å². The van der Waals surface area contributed by atoms with Gasteiger partial charge in [0.25, 0.3) is 5.82 Å². The summed E-state index contributed by atoms with van der Waals surface area (Å²) in [6, 6.07) is 9.08. The van der Waals surface area contributed by atoms with Crippen LogP contribution in [0.1, 0.15) is 40.9 Å². The van der Waals surface area contributed by atoms with Crippen LogP contribution in [0.3, 0.4) is 0 Å². The van der Waals surface area contributed by atoms with Crippen LogP contribution in [0.2, 0.25) is 0 Å². The second kappa shape index (κ2) is 6.47. The molecule has 8 heteroatoms. The molecular formula is C15H16N4O4. The second-order valence-electron chi connectivity index (χ2n) is 5.24. The summed E-state index contributed by atoms with van der Waals surface area (Å²) in [4.78, 5) is 28.6. The van der Waals surface area contributed by atoms with Gasteiger partial charge in [0.05, 0.1) is 6.04 Å². The molecule has 1 aromatic heterocycles. The van der Waals surface area contributed by atoms with E-state index in [9.17, 15) is 9.59 Å². The van der Waals surface area contributed by atoms with Crippen LogP contribution in [0, 0.1) is 0 Å². The van der Waals surface area contributed by atoms with Gasteiger partial charge in [-0.25, -0.2) is 14.6 Å². The number of benzene rings is 1. The Bertz CT molecular complexity index is 701. The van der Waals surface area contributed by atoms with Crippen molar-refractivity contribution in [2.45, 2.75) is 25.5 Å². The molecule has 23 heavy (non-hydrogen) atoms. The summed E-state index contributed by atoms with van der Waals surface area (Å²) in [6.07, 6.45) is 1.05. The minimum atomic E-state index is -1.20. The topological polar surface area (TPSA) is 108 Å². The number of nitrogens with one attached hydrogen (secondary N) is 1. The first-order valence-corrected chi connectivity index (χ1v) is 7.28. The van der Waals surface area contributed by atoms with E-state index < -0.39 is 12.1 Å². The maximum atomic E-state index is 12.3. The van der Waals surface area contributed by atoms with Crippen molar-refractivity contribution in [2.24, 2.45) is 0 Å². The molecule has 120 valence electrons. The van der Waals surface area contributed by atoms with E-state index in [-0.39, 0.29) is 18.5 Å². The van der Waals surface area contributed by atoms with Crippen LogP contribution in [0.15, 0.2) is 30.3 Å². The van der Waals surface area contributed by atoms with Crippen LogP contribution in [0.25, 0.3) is 0 Å². The predicted molar refractivity (Wildman–Crippen MR) is 78.7 cm³/mol. The number of aromatic amines is 1. The number of nitrogens with zero attached hydrogens (tertiary/aromatic N) is 3. The first kappa shape index (κ1) is 15.0. The summed E-state index contributed by atoms with van der Waals surface area (Å²) in [6.45, 7) is 0.737. The standard InChI is InChI=1S/C15H16N4O4/c20-14(21)13-16-12(17-18-13)11-7-4-8-19(11)15(22)23-9-10-5-2-1-3-6-10/h1-3,5-6,11H,4,7-9H2,(H,20,21)(H,16,17,18). The third-order valence-electron chi connectivity index (χ3n) is 3.70. The minimum Gasteiger partial charge on any atom is -0.475 e. The number of carboxylic acid groups (broad SMARTS) is 1. The molecule has 0 spiro atoms. The zero-order valence-corrected chi connectivity index (χ0v) is 12.3. The Morgan fingerprint density at radius 3 is 2.83 bits per heavy atom. The van der Waals surface area contributed by atoms with Crippen molar-refractivity contribution in [3.8, 4) is 0 Å². The van der Waals surface area contributed by atoms with E-state index in [1.54, 1.807) is 4.90 Å². The van der Waals surface area contributed by atoms with Crippen molar-refractivity contribution in [2.75, 3.05) is 6.54 Å². The lowest BCUT2D eigenvalue weighted by Crippen LogP contribution is -2.31. The average Bonchev–Trinajstić information content (AvgIpc) is 3.22. The Hall–Kier alpha value is -2.90. The Labute approximate surface area is 132 Å². The van der Waals surface area contributed by atoms with Gasteiger partial charge >= 0.3 is 12.1 Å². The SMILES string of the molecule is O=C(O)c1n[nH]c(C2CCCN2C(=O)OCc2ccccc2)n1. The fourth-order valence-corrected chi connectivity index (χ4v) is 2.59. The molecule has 0 radical (unpaired) electrons. The zero-order valence-electron chi connectivity index (χ0n) is 12.3. The zero-order chi connectivity index (χ0) is 16.2. The van der Waals surface area contributed by atoms with Crippen LogP contribution in [0.4, 0.5) is 4.79 Å². The summed E-state index contributed by atoms with van der Waals surface area (Å²) < 4.78 is 5.33. The van der Waals surface area contributed by atoms with Gasteiger partial charge in [0, 0.05) is 6.54 Å². The lowest BCUT2D eigenvalue weighted by molar-refractivity contribution is 0.0684. The number of amides is 1. The van der Waals surface area contributed by atoms with E-state index in [0.717, 1.165) is 12.0 Å². The highest BCUT2D eigenvalue weighted by atomic mass is 16.6. The number of likely N-dealkylation sites (tertiary alicyclic amines) is 1. The molecule has 0 saturated carbocycles. The molecule has 3 rings (SSSR count). The Morgan fingerprint density at radius 2 is 2.13 bits per heavy atom. The van der Waals surface area contributed by atoms with Gasteiger partial charge < -0.3 is 9.84 Å². The maximum absolute atomic E-state index is 12.3. The third kappa shape index (κ3) is 3.31. The molecule has 1 unspecified atom stereocenters. The number of hydrogen-bond acceptors (Lipinski definition) is 5. The fourth-order valence-electron chi connectivity index (χ4n) is 2.59. The van der Waals surface area contributed by atoms with Gasteiger partial charge in [-0.1, -0.05) is 30.3 Å². The van der Waals surface area contributed by atoms with E-state index in [1.165, 1.54) is 0 Å². The highest BCUT2D eigenvalue weighted by Gasteiger charge is 2.33. The van der Waals surface area contributed by atoms with Crippen molar-refractivity contribution in [3.05, 3.63) is 47.5 Å². The van der Waals surface area contributed by atoms with Gasteiger partial charge in [-0.05, 0) is 18.4 Å². The molecule has 1 atom stereocenters. The molecule has 1 amide bonds. The van der Waals surface area contributed by atoms with Crippen LogP contribution in [0.5, 0.6) is 0 Å². The normalized spacial score (nSPS) is 17.2. The largest absolute Gasteiger partial charge is 0.475 e. The summed E-state index contributed by atoms with van der Waals surface area (Å²) in [5.74, 6) is -1.13. The smallest absolute Gasteiger partial charge is 0.410 e. The number of carbonyl (C=O) groups is 2. The minimum absolute atomic E-state index is 0.194. The van der Waals surface area contributed by atoms with Crippen molar-refractivity contribution in [1.29, 1.82) is 0 Å². The van der Waals surface area contributed by atoms with Gasteiger partial charge in [-0.15, -0.1) is 5.10 Å². The van der Waals surface area contributed by atoms with Crippen molar-refractivity contribution >= 4 is 12.1 Å². The lowest BCUT2D eigenvalue weighted by Gasteiger charge is -2.22. The molecule has 2 aromatic rings. The molecule has 1 saturated heterocycles. The molecule has 0 aliphatic carbocycles. The van der Waals surface area contributed by atoms with Crippen molar-refractivity contribution < 1.29 is 19.4 Å². The molecule has 1 aliphatic heterocycles. The van der Waals surface area contributed by atoms with Gasteiger partial charge in [-0.3, -0.25) is 10.00 Å². The van der Waals surface area contributed by atoms with E-state index in [1.807, 2.05) is 30.3 Å². The molecule has 1 aliphatic rings. The number of aromatic carboxylic acids is 1. The third-order valence-corrected chi connectivity index (χ3v) is 3.70. The van der Waals surface area contributed by atoms with E-state index in [4.69, 9.17) is 9.84 Å². The van der Waals surface area contributed by atoms with E-state index in [2.05, 4.69) is 15.2 Å². The van der Waals surface area contributed by atoms with Crippen LogP contribution >= 0.6 is 0 Å². The molecule has 2 heterocycles. The molecular weight excluding hydrogens is 300 g/mol. The summed E-state index contributed by atoms with van der Waals surface area (Å²) in [5, 5.41) is 15.1. The van der Waals surface area contributed by atoms with Gasteiger partial charge in [-0.2, -0.15) is 0 Å². The summed E-state index contributed by atoms with van der Waals surface area (Å²) >= 11 is 0. The monoisotopic (exact) mass is 316 g/mol. The molecule has 1 aromatic carbocycles. The lowest BCUT2D eigenvalue weighted by atomic mass is 10.2. The van der Waals surface area contributed by atoms with Crippen molar-refractivity contribution in [3.63, 3.8) is 0 Å². The van der Waals surface area contributed by atoms with Crippen molar-refractivity contribution in [1.82, 2.24) is 20.1 Å². The highest BCUT2D eigenvalue weighted by Crippen LogP contribution is 2.30. The number of H-pyrrole nitrogens is 1. The molecule has 0 bridgehead atoms. The number of carbonyl (C=O) groups excluding carboxylic acids is 1. The number of ether oxygens (including phenoxy) is 1. The first-order chi connectivity index (χ1) is 11.1. The highest BCUT2D eigenvalue weighted by molar-refractivity contribution is 5.82. The average molecular weight is 316 g/mol.